The number of aromatic nitrogens is 2. The standard InChI is InChI=1S/C21H17ClF3N3O/c1-13-8-16(21(23,24)25)11-18(9-13)29-19-5-3-14(10-15(19)12-26)2-4-17-6-7-27-20(22)28-17/h3,5-7,9-11,13H,2,4,8H2,1H3. The van der Waals surface area contributed by atoms with Crippen LogP contribution >= 0.6 is 11.6 Å². The number of aryl methyl sites for hydroxylation is 2. The topological polar surface area (TPSA) is 58.8 Å². The molecule has 0 radical (unpaired) electrons. The molecule has 2 aromatic rings. The summed E-state index contributed by atoms with van der Waals surface area (Å²) in [5.74, 6) is 0.00604. The molecule has 0 N–H and O–H groups in total. The maximum absolute atomic E-state index is 13.1. The number of benzene rings is 1. The predicted molar refractivity (Wildman–Crippen MR) is 102 cm³/mol. The van der Waals surface area contributed by atoms with Crippen LogP contribution in [0.5, 0.6) is 5.75 Å². The van der Waals surface area contributed by atoms with Gasteiger partial charge in [-0.05, 0) is 72.7 Å². The van der Waals surface area contributed by atoms with Gasteiger partial charge in [0.25, 0.3) is 0 Å². The van der Waals surface area contributed by atoms with Gasteiger partial charge in [-0.3, -0.25) is 0 Å². The molecule has 150 valence electrons. The summed E-state index contributed by atoms with van der Waals surface area (Å²) in [4.78, 5) is 7.95. The van der Waals surface area contributed by atoms with Crippen LogP contribution < -0.4 is 4.74 Å². The van der Waals surface area contributed by atoms with Crippen molar-refractivity contribution in [1.82, 2.24) is 9.97 Å². The van der Waals surface area contributed by atoms with Crippen LogP contribution in [-0.2, 0) is 12.8 Å². The first-order valence-corrected chi connectivity index (χ1v) is 9.30. The number of hydrogen-bond donors (Lipinski definition) is 0. The Morgan fingerprint density at radius 2 is 2.07 bits per heavy atom. The van der Waals surface area contributed by atoms with Crippen molar-refractivity contribution in [2.45, 2.75) is 32.4 Å². The van der Waals surface area contributed by atoms with E-state index in [-0.39, 0.29) is 34.7 Å². The highest BCUT2D eigenvalue weighted by Crippen LogP contribution is 2.36. The minimum Gasteiger partial charge on any atom is -0.456 e. The highest BCUT2D eigenvalue weighted by atomic mass is 35.5. The van der Waals surface area contributed by atoms with E-state index in [0.29, 0.717) is 12.8 Å². The maximum Gasteiger partial charge on any atom is 0.412 e. The van der Waals surface area contributed by atoms with Crippen LogP contribution in [0, 0.1) is 17.2 Å². The van der Waals surface area contributed by atoms with Gasteiger partial charge in [-0.2, -0.15) is 18.4 Å². The number of halogens is 4. The van der Waals surface area contributed by atoms with Gasteiger partial charge in [0, 0.05) is 17.5 Å². The zero-order valence-electron chi connectivity index (χ0n) is 15.5. The van der Waals surface area contributed by atoms with Gasteiger partial charge in [-0.1, -0.05) is 13.0 Å². The third-order valence-electron chi connectivity index (χ3n) is 4.42. The number of nitriles is 1. The van der Waals surface area contributed by atoms with Crippen LogP contribution in [0.25, 0.3) is 0 Å². The Hall–Kier alpha value is -2.85. The first-order valence-electron chi connectivity index (χ1n) is 8.92. The Balaban J connectivity index is 1.75. The lowest BCUT2D eigenvalue weighted by Crippen LogP contribution is -2.18. The molecule has 1 heterocycles. The van der Waals surface area contributed by atoms with E-state index in [1.165, 1.54) is 0 Å². The molecule has 4 nitrogen and oxygen atoms in total. The molecular formula is C21H17ClF3N3O. The van der Waals surface area contributed by atoms with Crippen LogP contribution in [0.2, 0.25) is 5.28 Å². The van der Waals surface area contributed by atoms with E-state index in [9.17, 15) is 18.4 Å². The van der Waals surface area contributed by atoms with Crippen LogP contribution in [0.15, 0.2) is 53.9 Å². The highest BCUT2D eigenvalue weighted by molar-refractivity contribution is 6.28. The fourth-order valence-corrected chi connectivity index (χ4v) is 3.21. The molecule has 1 unspecified atom stereocenters. The smallest absolute Gasteiger partial charge is 0.412 e. The number of ether oxygens (including phenoxy) is 1. The molecule has 0 saturated carbocycles. The third kappa shape index (κ3) is 5.58. The second kappa shape index (κ2) is 8.66. The Labute approximate surface area is 171 Å². The van der Waals surface area contributed by atoms with Gasteiger partial charge >= 0.3 is 6.18 Å². The summed E-state index contributed by atoms with van der Waals surface area (Å²) in [6.45, 7) is 1.69. The summed E-state index contributed by atoms with van der Waals surface area (Å²) in [6.07, 6.45) is 0.922. The molecule has 0 aliphatic heterocycles. The summed E-state index contributed by atoms with van der Waals surface area (Å²) in [5, 5.41) is 9.62. The van der Waals surface area contributed by atoms with E-state index in [0.717, 1.165) is 17.3 Å². The first-order chi connectivity index (χ1) is 13.7. The number of allylic oxidation sites excluding steroid dienone is 3. The van der Waals surface area contributed by atoms with Gasteiger partial charge in [0.1, 0.15) is 17.6 Å². The quantitative estimate of drug-likeness (QED) is 0.594. The number of nitrogens with zero attached hydrogens (tertiary/aromatic N) is 3. The molecule has 1 aromatic carbocycles. The number of alkyl halides is 3. The molecule has 1 aromatic heterocycles. The van der Waals surface area contributed by atoms with Gasteiger partial charge in [0.2, 0.25) is 5.28 Å². The van der Waals surface area contributed by atoms with E-state index in [1.54, 1.807) is 43.5 Å². The molecular weight excluding hydrogens is 403 g/mol. The Kier molecular flexibility index (Phi) is 6.23. The molecule has 29 heavy (non-hydrogen) atoms. The van der Waals surface area contributed by atoms with Crippen LogP contribution in [0.1, 0.15) is 30.2 Å². The second-order valence-corrected chi connectivity index (χ2v) is 7.12. The van der Waals surface area contributed by atoms with Crippen LogP contribution in [0.4, 0.5) is 13.2 Å². The summed E-state index contributed by atoms with van der Waals surface area (Å²) >= 11 is 5.77. The van der Waals surface area contributed by atoms with Gasteiger partial charge in [-0.25, -0.2) is 9.97 Å². The first kappa shape index (κ1) is 20.9. The van der Waals surface area contributed by atoms with Crippen LogP contribution in [-0.4, -0.2) is 16.1 Å². The van der Waals surface area contributed by atoms with Crippen molar-refractivity contribution in [3.63, 3.8) is 0 Å². The Morgan fingerprint density at radius 3 is 2.76 bits per heavy atom. The molecule has 3 rings (SSSR count). The van der Waals surface area contributed by atoms with Crippen molar-refractivity contribution in [3.8, 4) is 11.8 Å². The molecule has 0 spiro atoms. The molecule has 1 aliphatic carbocycles. The lowest BCUT2D eigenvalue weighted by molar-refractivity contribution is -0.0952. The second-order valence-electron chi connectivity index (χ2n) is 6.78. The van der Waals surface area contributed by atoms with Crippen molar-refractivity contribution < 1.29 is 17.9 Å². The molecule has 0 bridgehead atoms. The minimum atomic E-state index is -4.40. The third-order valence-corrected chi connectivity index (χ3v) is 4.60. The zero-order chi connectivity index (χ0) is 21.0. The lowest BCUT2D eigenvalue weighted by atomic mass is 9.94. The van der Waals surface area contributed by atoms with E-state index < -0.39 is 11.7 Å². The largest absolute Gasteiger partial charge is 0.456 e. The Bertz CT molecular complexity index is 1010. The summed E-state index contributed by atoms with van der Waals surface area (Å²) < 4.78 is 44.8. The van der Waals surface area contributed by atoms with E-state index in [1.807, 2.05) is 6.07 Å². The molecule has 1 aliphatic rings. The van der Waals surface area contributed by atoms with Gasteiger partial charge in [0.05, 0.1) is 5.56 Å². The van der Waals surface area contributed by atoms with Crippen molar-refractivity contribution in [2.24, 2.45) is 5.92 Å². The van der Waals surface area contributed by atoms with Gasteiger partial charge in [0.15, 0.2) is 0 Å². The fourth-order valence-electron chi connectivity index (χ4n) is 3.04. The monoisotopic (exact) mass is 419 g/mol. The van der Waals surface area contributed by atoms with Crippen molar-refractivity contribution in [1.29, 1.82) is 5.26 Å². The minimum absolute atomic E-state index is 0.0898. The normalized spacial score (nSPS) is 16.6. The highest BCUT2D eigenvalue weighted by Gasteiger charge is 2.36. The van der Waals surface area contributed by atoms with Crippen molar-refractivity contribution in [2.75, 3.05) is 0 Å². The van der Waals surface area contributed by atoms with Crippen molar-refractivity contribution >= 4 is 11.6 Å². The fraction of sp³-hybridized carbons (Fsp3) is 0.286. The lowest BCUT2D eigenvalue weighted by Gasteiger charge is -2.21. The molecule has 0 saturated heterocycles. The molecule has 0 fully saturated rings. The Morgan fingerprint density at radius 1 is 1.28 bits per heavy atom. The van der Waals surface area contributed by atoms with E-state index in [4.69, 9.17) is 16.3 Å². The predicted octanol–water partition coefficient (Wildman–Crippen LogP) is 5.58. The molecule has 1 atom stereocenters. The van der Waals surface area contributed by atoms with Crippen LogP contribution in [0.3, 0.4) is 0 Å². The zero-order valence-corrected chi connectivity index (χ0v) is 16.3. The number of rotatable bonds is 5. The van der Waals surface area contributed by atoms with Gasteiger partial charge < -0.3 is 4.74 Å². The average Bonchev–Trinajstić information content (AvgIpc) is 2.66. The summed E-state index contributed by atoms with van der Waals surface area (Å²) in [5.41, 5.74) is 1.27. The van der Waals surface area contributed by atoms with Gasteiger partial charge in [-0.15, -0.1) is 0 Å². The van der Waals surface area contributed by atoms with E-state index in [2.05, 4.69) is 9.97 Å². The summed E-state index contributed by atoms with van der Waals surface area (Å²) in [7, 11) is 0. The average molecular weight is 420 g/mol. The summed E-state index contributed by atoms with van der Waals surface area (Å²) in [6, 6.07) is 8.85. The van der Waals surface area contributed by atoms with Crippen molar-refractivity contribution in [3.05, 3.63) is 76.1 Å². The number of hydrogen-bond acceptors (Lipinski definition) is 4. The molecule has 8 heteroatoms. The SMILES string of the molecule is CC1C=C(Oc2ccc(CCc3ccnc(Cl)n3)cc2C#N)C=C(C(F)(F)F)C1. The maximum atomic E-state index is 13.1. The van der Waals surface area contributed by atoms with E-state index >= 15 is 0 Å². The molecule has 0 amide bonds.